The quantitative estimate of drug-likeness (QED) is 0.755. The maximum atomic E-state index is 10.8. The van der Waals surface area contributed by atoms with Crippen LogP contribution in [-0.4, -0.2) is 38.0 Å². The number of aromatic nitrogens is 3. The van der Waals surface area contributed by atoms with Crippen molar-refractivity contribution < 1.29 is 14.6 Å². The van der Waals surface area contributed by atoms with E-state index in [1.165, 1.54) is 6.33 Å². The summed E-state index contributed by atoms with van der Waals surface area (Å²) in [6.07, 6.45) is 2.93. The molecule has 25 heavy (non-hydrogen) atoms. The zero-order valence-corrected chi connectivity index (χ0v) is 13.9. The van der Waals surface area contributed by atoms with E-state index >= 15 is 0 Å². The topological polar surface area (TPSA) is 95.4 Å². The first-order valence-electron chi connectivity index (χ1n) is 8.17. The van der Waals surface area contributed by atoms with Gasteiger partial charge in [-0.25, -0.2) is 9.97 Å². The van der Waals surface area contributed by atoms with Crippen molar-refractivity contribution in [3.8, 4) is 5.75 Å². The van der Waals surface area contributed by atoms with E-state index < -0.39 is 11.7 Å². The van der Waals surface area contributed by atoms with Crippen LogP contribution in [0.2, 0.25) is 0 Å². The van der Waals surface area contributed by atoms with Crippen LogP contribution in [0.4, 0.5) is 5.82 Å². The van der Waals surface area contributed by atoms with Gasteiger partial charge in [-0.1, -0.05) is 18.2 Å². The molecule has 0 spiro atoms. The van der Waals surface area contributed by atoms with Gasteiger partial charge in [-0.3, -0.25) is 0 Å². The van der Waals surface area contributed by atoms with Crippen molar-refractivity contribution in [2.45, 2.75) is 31.3 Å². The number of nitrogens with zero attached hydrogens (tertiary/aromatic N) is 3. The molecule has 0 saturated carbocycles. The van der Waals surface area contributed by atoms with E-state index in [1.54, 1.807) is 6.92 Å². The largest absolute Gasteiger partial charge is 0.491 e. The summed E-state index contributed by atoms with van der Waals surface area (Å²) in [5, 5.41) is 11.5. The van der Waals surface area contributed by atoms with Crippen molar-refractivity contribution in [2.24, 2.45) is 0 Å². The van der Waals surface area contributed by atoms with Crippen LogP contribution >= 0.6 is 0 Å². The van der Waals surface area contributed by atoms with E-state index in [0.29, 0.717) is 17.9 Å². The number of nitrogens with two attached hydrogens (primary N) is 1. The number of hydrogen-bond acceptors (Lipinski definition) is 6. The van der Waals surface area contributed by atoms with Crippen LogP contribution in [-0.2, 0) is 4.74 Å². The molecule has 0 amide bonds. The van der Waals surface area contributed by atoms with Crippen molar-refractivity contribution >= 4 is 16.9 Å². The number of fused-ring (bicyclic) bond motifs is 1. The van der Waals surface area contributed by atoms with Gasteiger partial charge < -0.3 is 24.9 Å². The highest BCUT2D eigenvalue weighted by Crippen LogP contribution is 2.38. The zero-order valence-electron chi connectivity index (χ0n) is 13.9. The Morgan fingerprint density at radius 2 is 2.12 bits per heavy atom. The lowest BCUT2D eigenvalue weighted by molar-refractivity contribution is -0.0690. The molecule has 1 aliphatic rings. The zero-order chi connectivity index (χ0) is 17.4. The fourth-order valence-electron chi connectivity index (χ4n) is 3.16. The lowest BCUT2D eigenvalue weighted by Gasteiger charge is -2.23. The maximum Gasteiger partial charge on any atom is 0.147 e. The molecule has 1 fully saturated rings. The summed E-state index contributed by atoms with van der Waals surface area (Å²) in [5.41, 5.74) is 5.57. The molecule has 7 nitrogen and oxygen atoms in total. The summed E-state index contributed by atoms with van der Waals surface area (Å²) < 4.78 is 13.7. The second-order valence-electron chi connectivity index (χ2n) is 6.48. The van der Waals surface area contributed by atoms with Crippen LogP contribution < -0.4 is 10.5 Å². The van der Waals surface area contributed by atoms with E-state index in [4.69, 9.17) is 15.2 Å². The second kappa shape index (κ2) is 6.02. The standard InChI is InChI=1S/C18H20N4O3/c1-18(23)9-15(22-8-7-13-16(19)20-11-21-17(13)22)25-14(18)10-24-12-5-3-2-4-6-12/h2-8,11,14-15,23H,9-10H2,1H3,(H2,19,20,21)/t14-,15-,18+/m1/s1. The minimum Gasteiger partial charge on any atom is -0.491 e. The first-order valence-corrected chi connectivity index (χ1v) is 8.17. The molecule has 7 heteroatoms. The number of rotatable bonds is 4. The normalized spacial score (nSPS) is 26.2. The Balaban J connectivity index is 1.54. The van der Waals surface area contributed by atoms with E-state index in [1.807, 2.05) is 47.2 Å². The molecular formula is C18H20N4O3. The van der Waals surface area contributed by atoms with Gasteiger partial charge in [0.15, 0.2) is 0 Å². The Kier molecular flexibility index (Phi) is 3.82. The number of ether oxygens (including phenoxy) is 2. The molecule has 1 aliphatic heterocycles. The van der Waals surface area contributed by atoms with Gasteiger partial charge in [0, 0.05) is 12.6 Å². The van der Waals surface area contributed by atoms with Crippen LogP contribution in [0.1, 0.15) is 19.6 Å². The molecule has 2 aromatic heterocycles. The molecule has 1 saturated heterocycles. The van der Waals surface area contributed by atoms with Crippen molar-refractivity contribution in [1.82, 2.24) is 14.5 Å². The highest BCUT2D eigenvalue weighted by molar-refractivity contribution is 5.86. The lowest BCUT2D eigenvalue weighted by Crippen LogP contribution is -2.38. The van der Waals surface area contributed by atoms with Gasteiger partial charge >= 0.3 is 0 Å². The van der Waals surface area contributed by atoms with Gasteiger partial charge in [-0.2, -0.15) is 0 Å². The number of aliphatic hydroxyl groups is 1. The number of benzene rings is 1. The molecule has 3 aromatic rings. The number of para-hydroxylation sites is 1. The summed E-state index contributed by atoms with van der Waals surface area (Å²) in [6.45, 7) is 2.03. The first kappa shape index (κ1) is 15.9. The van der Waals surface area contributed by atoms with Gasteiger partial charge in [-0.15, -0.1) is 0 Å². The Bertz CT molecular complexity index is 878. The van der Waals surface area contributed by atoms with Gasteiger partial charge in [0.25, 0.3) is 0 Å². The van der Waals surface area contributed by atoms with Gasteiger partial charge in [0.2, 0.25) is 0 Å². The van der Waals surface area contributed by atoms with E-state index in [-0.39, 0.29) is 12.8 Å². The molecule has 0 unspecified atom stereocenters. The Morgan fingerprint density at radius 1 is 1.32 bits per heavy atom. The third-order valence-electron chi connectivity index (χ3n) is 4.60. The van der Waals surface area contributed by atoms with Crippen molar-refractivity contribution in [1.29, 1.82) is 0 Å². The summed E-state index contributed by atoms with van der Waals surface area (Å²) in [4.78, 5) is 8.29. The fraction of sp³-hybridized carbons (Fsp3) is 0.333. The second-order valence-corrected chi connectivity index (χ2v) is 6.48. The molecular weight excluding hydrogens is 320 g/mol. The minimum absolute atomic E-state index is 0.268. The van der Waals surface area contributed by atoms with Crippen LogP contribution in [0, 0.1) is 0 Å². The fourth-order valence-corrected chi connectivity index (χ4v) is 3.16. The monoisotopic (exact) mass is 340 g/mol. The van der Waals surface area contributed by atoms with E-state index in [2.05, 4.69) is 9.97 Å². The van der Waals surface area contributed by atoms with Gasteiger partial charge in [0.1, 0.15) is 42.5 Å². The van der Waals surface area contributed by atoms with Gasteiger partial charge in [0.05, 0.1) is 11.0 Å². The molecule has 0 radical (unpaired) electrons. The molecule has 0 aliphatic carbocycles. The predicted octanol–water partition coefficient (Wildman–Crippen LogP) is 2.13. The third-order valence-corrected chi connectivity index (χ3v) is 4.60. The maximum absolute atomic E-state index is 10.8. The van der Waals surface area contributed by atoms with Crippen molar-refractivity contribution in [3.63, 3.8) is 0 Å². The Hall–Kier alpha value is -2.64. The average Bonchev–Trinajstić information content (AvgIpc) is 3.15. The highest BCUT2D eigenvalue weighted by atomic mass is 16.6. The van der Waals surface area contributed by atoms with Crippen LogP contribution in [0.5, 0.6) is 5.75 Å². The van der Waals surface area contributed by atoms with Crippen LogP contribution in [0.25, 0.3) is 11.0 Å². The summed E-state index contributed by atoms with van der Waals surface area (Å²) in [6, 6.07) is 11.3. The molecule has 0 bridgehead atoms. The average molecular weight is 340 g/mol. The summed E-state index contributed by atoms with van der Waals surface area (Å²) in [5.74, 6) is 1.18. The van der Waals surface area contributed by atoms with E-state index in [9.17, 15) is 5.11 Å². The summed E-state index contributed by atoms with van der Waals surface area (Å²) in [7, 11) is 0. The van der Waals surface area contributed by atoms with Crippen LogP contribution in [0.15, 0.2) is 48.9 Å². The van der Waals surface area contributed by atoms with Crippen LogP contribution in [0.3, 0.4) is 0 Å². The number of nitrogen functional groups attached to an aromatic ring is 1. The highest BCUT2D eigenvalue weighted by Gasteiger charge is 2.45. The smallest absolute Gasteiger partial charge is 0.147 e. The Morgan fingerprint density at radius 3 is 2.92 bits per heavy atom. The van der Waals surface area contributed by atoms with Crippen molar-refractivity contribution in [3.05, 3.63) is 48.9 Å². The molecule has 1 aromatic carbocycles. The first-order chi connectivity index (χ1) is 12.0. The summed E-state index contributed by atoms with van der Waals surface area (Å²) >= 11 is 0. The molecule has 3 atom stereocenters. The van der Waals surface area contributed by atoms with E-state index in [0.717, 1.165) is 11.1 Å². The van der Waals surface area contributed by atoms with Gasteiger partial charge in [-0.05, 0) is 25.1 Å². The predicted molar refractivity (Wildman–Crippen MR) is 93.0 cm³/mol. The molecule has 3 N–H and O–H groups in total. The SMILES string of the molecule is C[C@]1(O)C[C@H](n2ccc3c(N)ncnc32)O[C@@H]1COc1ccccc1. The molecule has 130 valence electrons. The molecule has 3 heterocycles. The third kappa shape index (κ3) is 2.92. The lowest BCUT2D eigenvalue weighted by atomic mass is 9.98. The Labute approximate surface area is 145 Å². The number of anilines is 1. The number of hydrogen-bond donors (Lipinski definition) is 2. The molecule has 4 rings (SSSR count). The van der Waals surface area contributed by atoms with Crippen molar-refractivity contribution in [2.75, 3.05) is 12.3 Å². The minimum atomic E-state index is -1.01.